The number of hydrogen-bond acceptors (Lipinski definition) is 0. The van der Waals surface area contributed by atoms with Crippen molar-refractivity contribution in [2.24, 2.45) is 0 Å². The van der Waals surface area contributed by atoms with E-state index >= 15 is 0 Å². The number of allylic oxidation sites excluding steroid dienone is 4. The molecule has 1 aromatic rings. The Morgan fingerprint density at radius 3 is 2.22 bits per heavy atom. The lowest BCUT2D eigenvalue weighted by Gasteiger charge is -2.31. The zero-order chi connectivity index (χ0) is 12.8. The average molecular weight is 258 g/mol. The molecule has 1 aliphatic carbocycles. The van der Waals surface area contributed by atoms with Crippen LogP contribution in [0.15, 0.2) is 54.6 Å². The SMILES string of the molecule is CCC(CC)P(c1ccccc1)C1C=CCC=C1. The van der Waals surface area contributed by atoms with Gasteiger partial charge >= 0.3 is 0 Å². The molecule has 0 nitrogen and oxygen atoms in total. The van der Waals surface area contributed by atoms with Gasteiger partial charge in [-0.1, -0.05) is 76.4 Å². The topological polar surface area (TPSA) is 0 Å². The molecular formula is C17H23P. The summed E-state index contributed by atoms with van der Waals surface area (Å²) >= 11 is 0. The minimum absolute atomic E-state index is 0.111. The lowest BCUT2D eigenvalue weighted by atomic mass is 10.2. The quantitative estimate of drug-likeness (QED) is 0.522. The van der Waals surface area contributed by atoms with Crippen LogP contribution in [0, 0.1) is 0 Å². The smallest absolute Gasteiger partial charge is 0.0193 e. The van der Waals surface area contributed by atoms with Crippen molar-refractivity contribution in [1.29, 1.82) is 0 Å². The maximum absolute atomic E-state index is 2.43. The van der Waals surface area contributed by atoms with Crippen molar-refractivity contribution in [3.63, 3.8) is 0 Å². The molecule has 0 saturated carbocycles. The number of benzene rings is 1. The van der Waals surface area contributed by atoms with Crippen LogP contribution in [0.5, 0.6) is 0 Å². The van der Waals surface area contributed by atoms with E-state index in [0.29, 0.717) is 5.66 Å². The van der Waals surface area contributed by atoms with Crippen LogP contribution in [0.25, 0.3) is 0 Å². The highest BCUT2D eigenvalue weighted by molar-refractivity contribution is 7.67. The van der Waals surface area contributed by atoms with Crippen molar-refractivity contribution >= 4 is 13.2 Å². The Morgan fingerprint density at radius 2 is 1.67 bits per heavy atom. The molecule has 0 bridgehead atoms. The van der Waals surface area contributed by atoms with Gasteiger partial charge in [-0.15, -0.1) is 0 Å². The first-order valence-electron chi connectivity index (χ1n) is 7.03. The standard InChI is InChI=1S/C17H23P/c1-3-15(4-2)18(16-11-7-5-8-12-16)17-13-9-6-10-14-17/h5,7-15,17H,3-4,6H2,1-2H3. The van der Waals surface area contributed by atoms with Gasteiger partial charge in [-0.2, -0.15) is 0 Å². The van der Waals surface area contributed by atoms with Gasteiger partial charge in [0.05, 0.1) is 0 Å². The van der Waals surface area contributed by atoms with E-state index in [-0.39, 0.29) is 7.92 Å². The van der Waals surface area contributed by atoms with Gasteiger partial charge in [-0.25, -0.2) is 0 Å². The molecular weight excluding hydrogens is 235 g/mol. The molecule has 0 fully saturated rings. The Kier molecular flexibility index (Phi) is 5.20. The summed E-state index contributed by atoms with van der Waals surface area (Å²) in [6, 6.07) is 11.1. The Labute approximate surface area is 113 Å². The van der Waals surface area contributed by atoms with E-state index in [9.17, 15) is 0 Å². The predicted molar refractivity (Wildman–Crippen MR) is 84.1 cm³/mol. The second-order valence-electron chi connectivity index (χ2n) is 4.80. The van der Waals surface area contributed by atoms with Crippen LogP contribution < -0.4 is 5.30 Å². The van der Waals surface area contributed by atoms with Crippen molar-refractivity contribution in [2.45, 2.75) is 44.4 Å². The first-order valence-corrected chi connectivity index (χ1v) is 8.51. The first kappa shape index (κ1) is 13.6. The third kappa shape index (κ3) is 3.12. The fourth-order valence-corrected chi connectivity index (χ4v) is 5.84. The second kappa shape index (κ2) is 6.90. The van der Waals surface area contributed by atoms with Crippen molar-refractivity contribution in [3.8, 4) is 0 Å². The third-order valence-corrected chi connectivity index (χ3v) is 7.05. The van der Waals surface area contributed by atoms with Gasteiger partial charge in [0, 0.05) is 5.66 Å². The molecule has 0 aliphatic heterocycles. The zero-order valence-corrected chi connectivity index (χ0v) is 12.3. The van der Waals surface area contributed by atoms with Crippen LogP contribution in [0.4, 0.5) is 0 Å². The van der Waals surface area contributed by atoms with E-state index in [1.165, 1.54) is 12.8 Å². The van der Waals surface area contributed by atoms with E-state index in [1.54, 1.807) is 5.30 Å². The van der Waals surface area contributed by atoms with E-state index < -0.39 is 0 Å². The summed E-state index contributed by atoms with van der Waals surface area (Å²) in [4.78, 5) is 0. The largest absolute Gasteiger partial charge is 0.0838 e. The summed E-state index contributed by atoms with van der Waals surface area (Å²) in [6.07, 6.45) is 13.2. The van der Waals surface area contributed by atoms with E-state index in [2.05, 4.69) is 68.5 Å². The minimum atomic E-state index is -0.111. The molecule has 1 unspecified atom stereocenters. The highest BCUT2D eigenvalue weighted by atomic mass is 31.1. The summed E-state index contributed by atoms with van der Waals surface area (Å²) < 4.78 is 0. The Balaban J connectivity index is 2.30. The van der Waals surface area contributed by atoms with Crippen LogP contribution in [0.3, 0.4) is 0 Å². The normalized spacial score (nSPS) is 17.3. The van der Waals surface area contributed by atoms with Crippen LogP contribution in [-0.2, 0) is 0 Å². The highest BCUT2D eigenvalue weighted by Crippen LogP contribution is 2.49. The monoisotopic (exact) mass is 258 g/mol. The number of rotatable bonds is 5. The molecule has 0 heterocycles. The second-order valence-corrected chi connectivity index (χ2v) is 7.45. The molecule has 0 spiro atoms. The van der Waals surface area contributed by atoms with Crippen molar-refractivity contribution in [2.75, 3.05) is 0 Å². The molecule has 96 valence electrons. The molecule has 18 heavy (non-hydrogen) atoms. The van der Waals surface area contributed by atoms with Crippen LogP contribution in [0.2, 0.25) is 0 Å². The molecule has 2 rings (SSSR count). The van der Waals surface area contributed by atoms with Crippen molar-refractivity contribution < 1.29 is 0 Å². The van der Waals surface area contributed by atoms with Gasteiger partial charge in [0.2, 0.25) is 0 Å². The molecule has 0 saturated heterocycles. The molecule has 0 aromatic heterocycles. The van der Waals surface area contributed by atoms with Crippen molar-refractivity contribution in [3.05, 3.63) is 54.6 Å². The van der Waals surface area contributed by atoms with Gasteiger partial charge in [-0.05, 0) is 30.2 Å². The lowest BCUT2D eigenvalue weighted by Crippen LogP contribution is -2.20. The summed E-state index contributed by atoms with van der Waals surface area (Å²) in [5.41, 5.74) is 1.47. The Morgan fingerprint density at radius 1 is 1.06 bits per heavy atom. The van der Waals surface area contributed by atoms with E-state index in [4.69, 9.17) is 0 Å². The maximum atomic E-state index is 2.43. The van der Waals surface area contributed by atoms with Crippen LogP contribution in [0.1, 0.15) is 33.1 Å². The molecule has 0 N–H and O–H groups in total. The van der Waals surface area contributed by atoms with Gasteiger partial charge in [-0.3, -0.25) is 0 Å². The predicted octanol–water partition coefficient (Wildman–Crippen LogP) is 4.87. The fraction of sp³-hybridized carbons (Fsp3) is 0.412. The molecule has 1 atom stereocenters. The average Bonchev–Trinajstić information content (AvgIpc) is 2.46. The van der Waals surface area contributed by atoms with Gasteiger partial charge in [0.15, 0.2) is 0 Å². The zero-order valence-electron chi connectivity index (χ0n) is 11.4. The third-order valence-electron chi connectivity index (χ3n) is 3.65. The summed E-state index contributed by atoms with van der Waals surface area (Å²) in [7, 11) is -0.111. The van der Waals surface area contributed by atoms with Gasteiger partial charge in [0.25, 0.3) is 0 Å². The molecule has 1 heteroatoms. The minimum Gasteiger partial charge on any atom is -0.0838 e. The summed E-state index contributed by atoms with van der Waals surface area (Å²) in [6.45, 7) is 4.67. The van der Waals surface area contributed by atoms with E-state index in [1.807, 2.05) is 0 Å². The Bertz CT molecular complexity index is 389. The summed E-state index contributed by atoms with van der Waals surface area (Å²) in [5, 5.41) is 1.56. The number of hydrogen-bond donors (Lipinski definition) is 0. The molecule has 1 aliphatic rings. The van der Waals surface area contributed by atoms with Gasteiger partial charge < -0.3 is 0 Å². The van der Waals surface area contributed by atoms with E-state index in [0.717, 1.165) is 12.1 Å². The highest BCUT2D eigenvalue weighted by Gasteiger charge is 2.25. The fourth-order valence-electron chi connectivity index (χ4n) is 2.67. The molecule has 0 amide bonds. The van der Waals surface area contributed by atoms with Crippen LogP contribution >= 0.6 is 7.92 Å². The molecule has 1 aromatic carbocycles. The van der Waals surface area contributed by atoms with Crippen LogP contribution in [-0.4, -0.2) is 11.3 Å². The van der Waals surface area contributed by atoms with Gasteiger partial charge in [0.1, 0.15) is 0 Å². The van der Waals surface area contributed by atoms with Crippen molar-refractivity contribution in [1.82, 2.24) is 0 Å². The Hall–Kier alpha value is -0.870. The first-order chi connectivity index (χ1) is 8.86. The summed E-state index contributed by atoms with van der Waals surface area (Å²) in [5.74, 6) is 0. The molecule has 0 radical (unpaired) electrons. The lowest BCUT2D eigenvalue weighted by molar-refractivity contribution is 0.779. The maximum Gasteiger partial charge on any atom is 0.0193 e.